The molecular formula is C18H15ClN2O3. The third-order valence-corrected chi connectivity index (χ3v) is 4.64. The first-order chi connectivity index (χ1) is 11.6. The highest BCUT2D eigenvalue weighted by molar-refractivity contribution is 6.31. The first-order valence-electron chi connectivity index (χ1n) is 7.75. The van der Waals surface area contributed by atoms with Crippen molar-refractivity contribution in [2.24, 2.45) is 0 Å². The van der Waals surface area contributed by atoms with Crippen molar-refractivity contribution < 1.29 is 9.21 Å². The molecule has 4 rings (SSSR count). The Morgan fingerprint density at radius 3 is 2.79 bits per heavy atom. The molecule has 2 aromatic carbocycles. The van der Waals surface area contributed by atoms with Gasteiger partial charge in [-0.05, 0) is 29.7 Å². The maximum atomic E-state index is 12.6. The number of hydrogen-bond acceptors (Lipinski definition) is 3. The summed E-state index contributed by atoms with van der Waals surface area (Å²) in [6.07, 6.45) is 0.832. The SMILES string of the molecule is O=C(Cn1c(=O)oc2cc(Cl)ccc21)N1CCc2ccccc2C1. The molecule has 0 unspecified atom stereocenters. The maximum absolute atomic E-state index is 12.6. The van der Waals surface area contributed by atoms with Gasteiger partial charge in [-0.1, -0.05) is 35.9 Å². The Morgan fingerprint density at radius 1 is 1.17 bits per heavy atom. The van der Waals surface area contributed by atoms with Crippen LogP contribution in [0.25, 0.3) is 11.1 Å². The summed E-state index contributed by atoms with van der Waals surface area (Å²) in [6, 6.07) is 13.1. The second-order valence-electron chi connectivity index (χ2n) is 5.90. The van der Waals surface area contributed by atoms with Crippen molar-refractivity contribution in [3.63, 3.8) is 0 Å². The normalized spacial score (nSPS) is 14.0. The van der Waals surface area contributed by atoms with Crippen LogP contribution in [0.1, 0.15) is 11.1 Å². The van der Waals surface area contributed by atoms with Gasteiger partial charge in [0.05, 0.1) is 5.52 Å². The van der Waals surface area contributed by atoms with Gasteiger partial charge in [0.2, 0.25) is 5.91 Å². The van der Waals surface area contributed by atoms with Crippen LogP contribution >= 0.6 is 11.6 Å². The van der Waals surface area contributed by atoms with Gasteiger partial charge in [-0.2, -0.15) is 0 Å². The van der Waals surface area contributed by atoms with Gasteiger partial charge in [-0.3, -0.25) is 9.36 Å². The van der Waals surface area contributed by atoms with E-state index in [-0.39, 0.29) is 12.5 Å². The Labute approximate surface area is 143 Å². The molecule has 2 heterocycles. The zero-order valence-corrected chi connectivity index (χ0v) is 13.6. The van der Waals surface area contributed by atoms with E-state index in [2.05, 4.69) is 6.07 Å². The molecule has 0 atom stereocenters. The average Bonchev–Trinajstić information content (AvgIpc) is 2.89. The Balaban J connectivity index is 1.59. The molecule has 0 bridgehead atoms. The summed E-state index contributed by atoms with van der Waals surface area (Å²) >= 11 is 5.91. The van der Waals surface area contributed by atoms with Crippen LogP contribution in [0.3, 0.4) is 0 Å². The number of aromatic nitrogens is 1. The van der Waals surface area contributed by atoms with E-state index in [1.54, 1.807) is 23.1 Å². The molecular weight excluding hydrogens is 328 g/mol. The first kappa shape index (κ1) is 15.0. The lowest BCUT2D eigenvalue weighted by Crippen LogP contribution is -2.39. The monoisotopic (exact) mass is 342 g/mol. The molecule has 0 aliphatic carbocycles. The average molecular weight is 343 g/mol. The predicted molar refractivity (Wildman–Crippen MR) is 91.0 cm³/mol. The van der Waals surface area contributed by atoms with Gasteiger partial charge >= 0.3 is 5.76 Å². The molecule has 0 radical (unpaired) electrons. The van der Waals surface area contributed by atoms with Crippen LogP contribution in [0.15, 0.2) is 51.7 Å². The fraction of sp³-hybridized carbons (Fsp3) is 0.222. The van der Waals surface area contributed by atoms with Crippen LogP contribution in [-0.4, -0.2) is 21.9 Å². The quantitative estimate of drug-likeness (QED) is 0.719. The third-order valence-electron chi connectivity index (χ3n) is 4.41. The lowest BCUT2D eigenvalue weighted by atomic mass is 10.00. The van der Waals surface area contributed by atoms with Crippen LogP contribution in [0.5, 0.6) is 0 Å². The smallest absolute Gasteiger partial charge is 0.408 e. The molecule has 5 nitrogen and oxygen atoms in total. The molecule has 0 spiro atoms. The van der Waals surface area contributed by atoms with Crippen molar-refractivity contribution >= 4 is 28.6 Å². The number of halogens is 1. The van der Waals surface area contributed by atoms with E-state index in [9.17, 15) is 9.59 Å². The van der Waals surface area contributed by atoms with E-state index in [1.165, 1.54) is 10.1 Å². The molecule has 0 N–H and O–H groups in total. The highest BCUT2D eigenvalue weighted by Crippen LogP contribution is 2.21. The van der Waals surface area contributed by atoms with Gasteiger partial charge in [0.25, 0.3) is 0 Å². The van der Waals surface area contributed by atoms with Gasteiger partial charge in [-0.25, -0.2) is 4.79 Å². The summed E-state index contributed by atoms with van der Waals surface area (Å²) in [5, 5.41) is 0.488. The van der Waals surface area contributed by atoms with Crippen molar-refractivity contribution in [1.29, 1.82) is 0 Å². The zero-order chi connectivity index (χ0) is 16.7. The van der Waals surface area contributed by atoms with Crippen molar-refractivity contribution in [2.45, 2.75) is 19.5 Å². The minimum absolute atomic E-state index is 0.0321. The zero-order valence-electron chi connectivity index (χ0n) is 12.9. The van der Waals surface area contributed by atoms with Crippen LogP contribution in [0.4, 0.5) is 0 Å². The summed E-state index contributed by atoms with van der Waals surface area (Å²) in [7, 11) is 0. The number of fused-ring (bicyclic) bond motifs is 2. The molecule has 1 aliphatic heterocycles. The predicted octanol–water partition coefficient (Wildman–Crippen LogP) is 2.83. The molecule has 0 fully saturated rings. The van der Waals surface area contributed by atoms with Crippen LogP contribution in [0.2, 0.25) is 5.02 Å². The third kappa shape index (κ3) is 2.61. The highest BCUT2D eigenvalue weighted by atomic mass is 35.5. The molecule has 0 saturated heterocycles. The van der Waals surface area contributed by atoms with E-state index in [0.717, 1.165) is 12.0 Å². The summed E-state index contributed by atoms with van der Waals surface area (Å²) in [5.74, 6) is -0.637. The fourth-order valence-electron chi connectivity index (χ4n) is 3.13. The van der Waals surface area contributed by atoms with Crippen LogP contribution < -0.4 is 5.76 Å². The molecule has 24 heavy (non-hydrogen) atoms. The summed E-state index contributed by atoms with van der Waals surface area (Å²) in [5.41, 5.74) is 3.41. The van der Waals surface area contributed by atoms with E-state index in [4.69, 9.17) is 16.0 Å². The largest absolute Gasteiger partial charge is 0.420 e. The fourth-order valence-corrected chi connectivity index (χ4v) is 3.30. The molecule has 0 saturated carbocycles. The number of carbonyl (C=O) groups is 1. The number of rotatable bonds is 2. The number of amides is 1. The van der Waals surface area contributed by atoms with Gasteiger partial charge in [-0.15, -0.1) is 0 Å². The summed E-state index contributed by atoms with van der Waals surface area (Å²) in [6.45, 7) is 1.20. The number of benzene rings is 2. The van der Waals surface area contributed by atoms with E-state index >= 15 is 0 Å². The molecule has 1 aliphatic rings. The van der Waals surface area contributed by atoms with Gasteiger partial charge in [0.1, 0.15) is 6.54 Å². The summed E-state index contributed by atoms with van der Waals surface area (Å²) in [4.78, 5) is 26.5. The van der Waals surface area contributed by atoms with Crippen molar-refractivity contribution in [1.82, 2.24) is 9.47 Å². The summed E-state index contributed by atoms with van der Waals surface area (Å²) < 4.78 is 6.53. The Hall–Kier alpha value is -2.53. The second kappa shape index (κ2) is 5.83. The van der Waals surface area contributed by atoms with E-state index in [0.29, 0.717) is 29.2 Å². The van der Waals surface area contributed by atoms with E-state index in [1.807, 2.05) is 18.2 Å². The number of carbonyl (C=O) groups excluding carboxylic acids is 1. The van der Waals surface area contributed by atoms with Crippen LogP contribution in [0, 0.1) is 0 Å². The van der Waals surface area contributed by atoms with E-state index < -0.39 is 5.76 Å². The Kier molecular flexibility index (Phi) is 3.65. The van der Waals surface area contributed by atoms with Gasteiger partial charge < -0.3 is 9.32 Å². The molecule has 6 heteroatoms. The minimum atomic E-state index is -0.543. The highest BCUT2D eigenvalue weighted by Gasteiger charge is 2.22. The first-order valence-corrected chi connectivity index (χ1v) is 8.13. The standard InChI is InChI=1S/C18H15ClN2O3/c19-14-5-6-15-16(9-14)24-18(23)21(15)11-17(22)20-8-7-12-3-1-2-4-13(12)10-20/h1-6,9H,7-8,10-11H2. The molecule has 1 aromatic heterocycles. The lowest BCUT2D eigenvalue weighted by molar-refractivity contribution is -0.132. The van der Waals surface area contributed by atoms with Crippen molar-refractivity contribution in [2.75, 3.05) is 6.54 Å². The Morgan fingerprint density at radius 2 is 1.96 bits per heavy atom. The minimum Gasteiger partial charge on any atom is -0.408 e. The Bertz CT molecular complexity index is 989. The maximum Gasteiger partial charge on any atom is 0.420 e. The van der Waals surface area contributed by atoms with Crippen LogP contribution in [-0.2, 0) is 24.3 Å². The van der Waals surface area contributed by atoms with Gasteiger partial charge in [0.15, 0.2) is 5.58 Å². The molecule has 122 valence electrons. The topological polar surface area (TPSA) is 55.5 Å². The van der Waals surface area contributed by atoms with Crippen molar-refractivity contribution in [3.05, 3.63) is 69.2 Å². The number of oxazole rings is 1. The number of nitrogens with zero attached hydrogens (tertiary/aromatic N) is 2. The van der Waals surface area contributed by atoms with Gasteiger partial charge in [0, 0.05) is 24.2 Å². The second-order valence-corrected chi connectivity index (χ2v) is 6.34. The molecule has 1 amide bonds. The van der Waals surface area contributed by atoms with Crippen molar-refractivity contribution in [3.8, 4) is 0 Å². The lowest BCUT2D eigenvalue weighted by Gasteiger charge is -2.28. The molecule has 3 aromatic rings. The number of hydrogen-bond donors (Lipinski definition) is 0.